The fraction of sp³-hybridized carbons (Fsp3) is 0. The van der Waals surface area contributed by atoms with Crippen molar-refractivity contribution >= 4 is 30.6 Å². The maximum absolute atomic E-state index is 11.1. The Balaban J connectivity index is 2.92. The molecule has 0 saturated heterocycles. The molecular weight excluding hydrogens is 224 g/mol. The summed E-state index contributed by atoms with van der Waals surface area (Å²) in [5, 5.41) is 7.83. The molecule has 0 saturated carbocycles. The van der Waals surface area contributed by atoms with E-state index in [1.54, 1.807) is 24.3 Å². The summed E-state index contributed by atoms with van der Waals surface area (Å²) in [6.45, 7) is 0. The Kier molecular flexibility index (Phi) is 2.13. The van der Waals surface area contributed by atoms with Gasteiger partial charge in [-0.25, -0.2) is 8.42 Å². The number of hydrogen-bond acceptors (Lipinski definition) is 4. The number of nitrogens with zero attached hydrogens (tertiary/aromatic N) is 2. The molecule has 2 aromatic rings. The second kappa shape index (κ2) is 3.18. The monoisotopic (exact) mass is 228 g/mol. The highest BCUT2D eigenvalue weighted by Crippen LogP contribution is 2.22. The van der Waals surface area contributed by atoms with E-state index in [2.05, 4.69) is 10.2 Å². The van der Waals surface area contributed by atoms with E-state index >= 15 is 0 Å². The van der Waals surface area contributed by atoms with E-state index < -0.39 is 9.05 Å². The third-order valence-electron chi connectivity index (χ3n) is 1.77. The van der Waals surface area contributed by atoms with Crippen LogP contribution in [0.2, 0.25) is 0 Å². The summed E-state index contributed by atoms with van der Waals surface area (Å²) in [7, 11) is 1.48. The molecule has 14 heavy (non-hydrogen) atoms. The zero-order chi connectivity index (χ0) is 10.2. The Morgan fingerprint density at radius 1 is 1.21 bits per heavy atom. The number of rotatable bonds is 1. The van der Waals surface area contributed by atoms with Crippen LogP contribution in [0.15, 0.2) is 35.4 Å². The van der Waals surface area contributed by atoms with Crippen LogP contribution in [-0.2, 0) is 9.05 Å². The summed E-state index contributed by atoms with van der Waals surface area (Å²) >= 11 is 0. The molecule has 0 atom stereocenters. The molecule has 2 rings (SSSR count). The van der Waals surface area contributed by atoms with Crippen LogP contribution < -0.4 is 0 Å². The Hall–Kier alpha value is -1.20. The Morgan fingerprint density at radius 2 is 1.93 bits per heavy atom. The molecule has 0 radical (unpaired) electrons. The maximum atomic E-state index is 11.1. The van der Waals surface area contributed by atoms with Gasteiger partial charge >= 0.3 is 0 Å². The van der Waals surface area contributed by atoms with E-state index in [0.717, 1.165) is 6.20 Å². The van der Waals surface area contributed by atoms with Gasteiger partial charge in [0.05, 0.1) is 11.7 Å². The SMILES string of the molecule is O=S(=O)(Cl)c1cnnc2ccccc12. The van der Waals surface area contributed by atoms with Gasteiger partial charge in [0.1, 0.15) is 4.90 Å². The molecule has 0 unspecified atom stereocenters. The summed E-state index contributed by atoms with van der Waals surface area (Å²) in [5.41, 5.74) is 0.509. The predicted molar refractivity (Wildman–Crippen MR) is 52.6 cm³/mol. The smallest absolute Gasteiger partial charge is 0.207 e. The number of benzene rings is 1. The van der Waals surface area contributed by atoms with Crippen molar-refractivity contribution < 1.29 is 8.42 Å². The van der Waals surface area contributed by atoms with Crippen LogP contribution >= 0.6 is 10.7 Å². The third-order valence-corrected chi connectivity index (χ3v) is 3.12. The summed E-state index contributed by atoms with van der Waals surface area (Å²) in [5.74, 6) is 0. The fourth-order valence-electron chi connectivity index (χ4n) is 1.18. The van der Waals surface area contributed by atoms with Crippen molar-refractivity contribution in [2.45, 2.75) is 4.90 Å². The summed E-state index contributed by atoms with van der Waals surface area (Å²) in [4.78, 5) is -0.00948. The minimum atomic E-state index is -3.76. The molecule has 0 spiro atoms. The molecule has 72 valence electrons. The average molecular weight is 229 g/mol. The van der Waals surface area contributed by atoms with Gasteiger partial charge in [-0.2, -0.15) is 10.2 Å². The minimum absolute atomic E-state index is 0.00948. The Morgan fingerprint density at radius 3 is 2.64 bits per heavy atom. The molecule has 1 heterocycles. The van der Waals surface area contributed by atoms with Crippen LogP contribution in [0.4, 0.5) is 0 Å². The lowest BCUT2D eigenvalue weighted by Crippen LogP contribution is -1.95. The topological polar surface area (TPSA) is 59.9 Å². The first kappa shape index (κ1) is 9.36. The van der Waals surface area contributed by atoms with Crippen LogP contribution in [-0.4, -0.2) is 18.6 Å². The molecule has 1 aromatic heterocycles. The van der Waals surface area contributed by atoms with Crippen LogP contribution in [0.3, 0.4) is 0 Å². The normalized spacial score (nSPS) is 11.8. The quantitative estimate of drug-likeness (QED) is 0.695. The summed E-state index contributed by atoms with van der Waals surface area (Å²) in [6.07, 6.45) is 1.14. The Labute approximate surface area is 85.0 Å². The summed E-state index contributed by atoms with van der Waals surface area (Å²) in [6, 6.07) is 6.78. The molecule has 0 aliphatic rings. The molecule has 0 amide bonds. The van der Waals surface area contributed by atoms with E-state index in [1.807, 2.05) is 0 Å². The highest BCUT2D eigenvalue weighted by molar-refractivity contribution is 8.14. The van der Waals surface area contributed by atoms with Gasteiger partial charge in [-0.05, 0) is 6.07 Å². The van der Waals surface area contributed by atoms with E-state index in [9.17, 15) is 8.42 Å². The van der Waals surface area contributed by atoms with Crippen molar-refractivity contribution in [2.75, 3.05) is 0 Å². The molecule has 1 aromatic carbocycles. The number of aromatic nitrogens is 2. The third kappa shape index (κ3) is 1.56. The van der Waals surface area contributed by atoms with Gasteiger partial charge in [0.25, 0.3) is 9.05 Å². The van der Waals surface area contributed by atoms with Gasteiger partial charge in [0.2, 0.25) is 0 Å². The minimum Gasteiger partial charge on any atom is -0.207 e. The Bertz CT molecular complexity index is 577. The van der Waals surface area contributed by atoms with Gasteiger partial charge in [0, 0.05) is 16.1 Å². The van der Waals surface area contributed by atoms with Crippen molar-refractivity contribution in [1.29, 1.82) is 0 Å². The van der Waals surface area contributed by atoms with Crippen molar-refractivity contribution in [3.8, 4) is 0 Å². The van der Waals surface area contributed by atoms with Crippen LogP contribution in [0.1, 0.15) is 0 Å². The zero-order valence-corrected chi connectivity index (χ0v) is 8.46. The lowest BCUT2D eigenvalue weighted by molar-refractivity contribution is 0.610. The van der Waals surface area contributed by atoms with Crippen molar-refractivity contribution in [3.05, 3.63) is 30.5 Å². The lowest BCUT2D eigenvalue weighted by Gasteiger charge is -1.99. The molecule has 6 heteroatoms. The van der Waals surface area contributed by atoms with E-state index in [4.69, 9.17) is 10.7 Å². The molecule has 0 N–H and O–H groups in total. The van der Waals surface area contributed by atoms with Crippen LogP contribution in [0.5, 0.6) is 0 Å². The number of fused-ring (bicyclic) bond motifs is 1. The largest absolute Gasteiger partial charge is 0.263 e. The number of halogens is 1. The highest BCUT2D eigenvalue weighted by atomic mass is 35.7. The van der Waals surface area contributed by atoms with Gasteiger partial charge in [-0.1, -0.05) is 18.2 Å². The van der Waals surface area contributed by atoms with Gasteiger partial charge < -0.3 is 0 Å². The van der Waals surface area contributed by atoms with E-state index in [1.165, 1.54) is 0 Å². The van der Waals surface area contributed by atoms with Gasteiger partial charge in [-0.3, -0.25) is 0 Å². The fourth-order valence-corrected chi connectivity index (χ4v) is 2.15. The van der Waals surface area contributed by atoms with Crippen molar-refractivity contribution in [1.82, 2.24) is 10.2 Å². The molecule has 4 nitrogen and oxygen atoms in total. The average Bonchev–Trinajstić information content (AvgIpc) is 2.15. The van der Waals surface area contributed by atoms with Crippen LogP contribution in [0.25, 0.3) is 10.9 Å². The van der Waals surface area contributed by atoms with E-state index in [-0.39, 0.29) is 4.90 Å². The van der Waals surface area contributed by atoms with Crippen molar-refractivity contribution in [2.24, 2.45) is 0 Å². The maximum Gasteiger partial charge on any atom is 0.263 e. The first-order valence-corrected chi connectivity index (χ1v) is 6.05. The first-order valence-electron chi connectivity index (χ1n) is 3.74. The number of hydrogen-bond donors (Lipinski definition) is 0. The highest BCUT2D eigenvalue weighted by Gasteiger charge is 2.14. The van der Waals surface area contributed by atoms with E-state index in [0.29, 0.717) is 10.9 Å². The molecular formula is C8H5ClN2O2S. The molecule has 0 bridgehead atoms. The molecule has 0 fully saturated rings. The first-order chi connectivity index (χ1) is 6.59. The zero-order valence-electron chi connectivity index (χ0n) is 6.88. The predicted octanol–water partition coefficient (Wildman–Crippen LogP) is 1.56. The van der Waals surface area contributed by atoms with Gasteiger partial charge in [-0.15, -0.1) is 0 Å². The van der Waals surface area contributed by atoms with Gasteiger partial charge in [0.15, 0.2) is 0 Å². The standard InChI is InChI=1S/C8H5ClN2O2S/c9-14(12,13)8-5-10-11-7-4-2-1-3-6(7)8/h1-5H. The lowest BCUT2D eigenvalue weighted by atomic mass is 10.2. The van der Waals surface area contributed by atoms with Crippen LogP contribution in [0, 0.1) is 0 Å². The molecule has 0 aliphatic carbocycles. The van der Waals surface area contributed by atoms with Crippen molar-refractivity contribution in [3.63, 3.8) is 0 Å². The second-order valence-corrected chi connectivity index (χ2v) is 5.20. The summed E-state index contributed by atoms with van der Waals surface area (Å²) < 4.78 is 22.3. The molecule has 0 aliphatic heterocycles. The second-order valence-electron chi connectivity index (χ2n) is 2.66.